The molecule has 0 aliphatic heterocycles. The van der Waals surface area contributed by atoms with E-state index in [1.165, 1.54) is 6.07 Å². The predicted molar refractivity (Wildman–Crippen MR) is 79.0 cm³/mol. The summed E-state index contributed by atoms with van der Waals surface area (Å²) >= 11 is 3.24. The van der Waals surface area contributed by atoms with Crippen LogP contribution in [0, 0.1) is 5.92 Å². The van der Waals surface area contributed by atoms with Crippen LogP contribution >= 0.6 is 15.9 Å². The Morgan fingerprint density at radius 2 is 2.00 bits per heavy atom. The Hall–Kier alpha value is -1.56. The largest absolute Gasteiger partial charge is 0.479 e. The lowest BCUT2D eigenvalue weighted by Gasteiger charge is -2.17. The number of carbonyl (C=O) groups excluding carboxylic acids is 1. The van der Waals surface area contributed by atoms with Crippen LogP contribution in [0.5, 0.6) is 5.75 Å². The summed E-state index contributed by atoms with van der Waals surface area (Å²) in [5.41, 5.74) is 0.0166. The SMILES string of the molecule is CC(C)CNC(=O)C(C)Oc1c(Br)cccc1C(=O)O. The maximum atomic E-state index is 11.8. The minimum atomic E-state index is -1.10. The highest BCUT2D eigenvalue weighted by Gasteiger charge is 2.20. The minimum Gasteiger partial charge on any atom is -0.479 e. The standard InChI is InChI=1S/C14H18BrNO4/c1-8(2)7-16-13(17)9(3)20-12-10(14(18)19)5-4-6-11(12)15/h4-6,8-9H,7H2,1-3H3,(H,16,17)(H,18,19). The summed E-state index contributed by atoms with van der Waals surface area (Å²) in [5, 5.41) is 11.9. The third-order valence-electron chi connectivity index (χ3n) is 2.55. The van der Waals surface area contributed by atoms with Crippen molar-refractivity contribution in [3.63, 3.8) is 0 Å². The molecule has 1 atom stereocenters. The number of rotatable bonds is 6. The van der Waals surface area contributed by atoms with Crippen LogP contribution in [0.1, 0.15) is 31.1 Å². The van der Waals surface area contributed by atoms with Crippen LogP contribution in [0.3, 0.4) is 0 Å². The molecule has 0 saturated heterocycles. The van der Waals surface area contributed by atoms with Crippen LogP contribution in [-0.2, 0) is 4.79 Å². The van der Waals surface area contributed by atoms with Crippen molar-refractivity contribution in [1.82, 2.24) is 5.32 Å². The maximum Gasteiger partial charge on any atom is 0.339 e. The molecule has 110 valence electrons. The van der Waals surface area contributed by atoms with Crippen LogP contribution in [0.15, 0.2) is 22.7 Å². The van der Waals surface area contributed by atoms with Gasteiger partial charge in [-0.15, -0.1) is 0 Å². The first kappa shape index (κ1) is 16.5. The van der Waals surface area contributed by atoms with E-state index in [9.17, 15) is 9.59 Å². The number of amides is 1. The minimum absolute atomic E-state index is 0.0166. The van der Waals surface area contributed by atoms with Gasteiger partial charge in [0.15, 0.2) is 6.10 Å². The summed E-state index contributed by atoms with van der Waals surface area (Å²) < 4.78 is 5.99. The van der Waals surface area contributed by atoms with E-state index < -0.39 is 12.1 Å². The van der Waals surface area contributed by atoms with Crippen molar-refractivity contribution in [2.45, 2.75) is 26.9 Å². The summed E-state index contributed by atoms with van der Waals surface area (Å²) in [4.78, 5) is 23.0. The second-order valence-electron chi connectivity index (χ2n) is 4.82. The molecule has 0 aliphatic rings. The molecule has 0 fully saturated rings. The topological polar surface area (TPSA) is 75.6 Å². The molecule has 0 spiro atoms. The smallest absolute Gasteiger partial charge is 0.339 e. The normalized spacial score (nSPS) is 12.1. The van der Waals surface area contributed by atoms with Gasteiger partial charge >= 0.3 is 5.97 Å². The molecule has 1 unspecified atom stereocenters. The van der Waals surface area contributed by atoms with E-state index in [0.717, 1.165) is 0 Å². The van der Waals surface area contributed by atoms with Gasteiger partial charge in [-0.2, -0.15) is 0 Å². The number of carboxylic acids is 1. The molecule has 20 heavy (non-hydrogen) atoms. The average molecular weight is 344 g/mol. The lowest BCUT2D eigenvalue weighted by atomic mass is 10.2. The number of carbonyl (C=O) groups is 2. The third kappa shape index (κ3) is 4.52. The highest BCUT2D eigenvalue weighted by atomic mass is 79.9. The zero-order valence-corrected chi connectivity index (χ0v) is 13.2. The first-order valence-electron chi connectivity index (χ1n) is 6.29. The molecular weight excluding hydrogens is 326 g/mol. The van der Waals surface area contributed by atoms with E-state index in [4.69, 9.17) is 9.84 Å². The highest BCUT2D eigenvalue weighted by molar-refractivity contribution is 9.10. The third-order valence-corrected chi connectivity index (χ3v) is 3.17. The molecule has 0 aromatic heterocycles. The van der Waals surface area contributed by atoms with Gasteiger partial charge in [0.1, 0.15) is 11.3 Å². The fraction of sp³-hybridized carbons (Fsp3) is 0.429. The van der Waals surface area contributed by atoms with Gasteiger partial charge in [-0.3, -0.25) is 4.79 Å². The molecule has 1 aromatic carbocycles. The van der Waals surface area contributed by atoms with Crippen molar-refractivity contribution in [3.05, 3.63) is 28.2 Å². The number of nitrogens with one attached hydrogen (secondary N) is 1. The van der Waals surface area contributed by atoms with Crippen molar-refractivity contribution in [3.8, 4) is 5.75 Å². The number of para-hydroxylation sites is 1. The molecule has 5 nitrogen and oxygen atoms in total. The Morgan fingerprint density at radius 3 is 2.55 bits per heavy atom. The number of benzene rings is 1. The number of carboxylic acid groups (broad SMARTS) is 1. The Bertz CT molecular complexity index is 502. The number of hydrogen-bond donors (Lipinski definition) is 2. The number of hydrogen-bond acceptors (Lipinski definition) is 3. The summed E-state index contributed by atoms with van der Waals surface area (Å²) in [6, 6.07) is 4.70. The quantitative estimate of drug-likeness (QED) is 0.832. The molecule has 0 aliphatic carbocycles. The van der Waals surface area contributed by atoms with Crippen molar-refractivity contribution in [2.75, 3.05) is 6.54 Å². The first-order chi connectivity index (χ1) is 9.32. The van der Waals surface area contributed by atoms with Crippen molar-refractivity contribution in [2.24, 2.45) is 5.92 Å². The lowest BCUT2D eigenvalue weighted by molar-refractivity contribution is -0.127. The van der Waals surface area contributed by atoms with E-state index >= 15 is 0 Å². The first-order valence-corrected chi connectivity index (χ1v) is 7.08. The number of ether oxygens (including phenoxy) is 1. The van der Waals surface area contributed by atoms with Gasteiger partial charge in [-0.05, 0) is 40.9 Å². The second kappa shape index (κ2) is 7.28. The van der Waals surface area contributed by atoms with Crippen molar-refractivity contribution < 1.29 is 19.4 Å². The Labute approximate surface area is 126 Å². The van der Waals surface area contributed by atoms with Crippen LogP contribution in [-0.4, -0.2) is 29.6 Å². The summed E-state index contributed by atoms with van der Waals surface area (Å²) in [6.45, 7) is 6.11. The molecule has 0 radical (unpaired) electrons. The monoisotopic (exact) mass is 343 g/mol. The highest BCUT2D eigenvalue weighted by Crippen LogP contribution is 2.30. The van der Waals surface area contributed by atoms with Crippen LogP contribution < -0.4 is 10.1 Å². The van der Waals surface area contributed by atoms with E-state index in [1.54, 1.807) is 19.1 Å². The Kier molecular flexibility index (Phi) is 6.01. The average Bonchev–Trinajstić information content (AvgIpc) is 2.37. The molecule has 0 heterocycles. The molecule has 2 N–H and O–H groups in total. The fourth-order valence-corrected chi connectivity index (χ4v) is 1.94. The van der Waals surface area contributed by atoms with Crippen molar-refractivity contribution >= 4 is 27.8 Å². The number of halogens is 1. The maximum absolute atomic E-state index is 11.8. The summed E-state index contributed by atoms with van der Waals surface area (Å²) in [6.07, 6.45) is -0.773. The van der Waals surface area contributed by atoms with Gasteiger partial charge in [-0.1, -0.05) is 19.9 Å². The molecule has 1 aromatic rings. The van der Waals surface area contributed by atoms with Gasteiger partial charge in [-0.25, -0.2) is 4.79 Å². The van der Waals surface area contributed by atoms with Crippen molar-refractivity contribution in [1.29, 1.82) is 0 Å². The van der Waals surface area contributed by atoms with Gasteiger partial charge in [0, 0.05) is 6.54 Å². The second-order valence-corrected chi connectivity index (χ2v) is 5.68. The van der Waals surface area contributed by atoms with Gasteiger partial charge in [0.2, 0.25) is 0 Å². The lowest BCUT2D eigenvalue weighted by Crippen LogP contribution is -2.38. The van der Waals surface area contributed by atoms with Crippen LogP contribution in [0.4, 0.5) is 0 Å². The molecule has 1 rings (SSSR count). The summed E-state index contributed by atoms with van der Waals surface area (Å²) in [7, 11) is 0. The van der Waals surface area contributed by atoms with Gasteiger partial charge in [0.25, 0.3) is 5.91 Å². The molecule has 6 heteroatoms. The zero-order chi connectivity index (χ0) is 15.3. The molecular formula is C14H18BrNO4. The molecule has 0 saturated carbocycles. The zero-order valence-electron chi connectivity index (χ0n) is 11.6. The van der Waals surface area contributed by atoms with Crippen LogP contribution in [0.25, 0.3) is 0 Å². The fourth-order valence-electron chi connectivity index (χ4n) is 1.48. The molecule has 0 bridgehead atoms. The van der Waals surface area contributed by atoms with Gasteiger partial charge in [0.05, 0.1) is 4.47 Å². The number of aromatic carboxylic acids is 1. The van der Waals surface area contributed by atoms with Crippen LogP contribution in [0.2, 0.25) is 0 Å². The van der Waals surface area contributed by atoms with E-state index in [-0.39, 0.29) is 17.2 Å². The Balaban J connectivity index is 2.82. The van der Waals surface area contributed by atoms with E-state index in [1.807, 2.05) is 13.8 Å². The van der Waals surface area contributed by atoms with E-state index in [0.29, 0.717) is 16.9 Å². The van der Waals surface area contributed by atoms with Gasteiger partial charge < -0.3 is 15.2 Å². The van der Waals surface area contributed by atoms with E-state index in [2.05, 4.69) is 21.2 Å². The Morgan fingerprint density at radius 1 is 1.35 bits per heavy atom. The summed E-state index contributed by atoms with van der Waals surface area (Å²) in [5.74, 6) is -0.877. The molecule has 1 amide bonds. The predicted octanol–water partition coefficient (Wildman–Crippen LogP) is 2.69.